The predicted octanol–water partition coefficient (Wildman–Crippen LogP) is 1.96. The fraction of sp³-hybridized carbons (Fsp3) is 0.700. The third kappa shape index (κ3) is 2.95. The van der Waals surface area contributed by atoms with Crippen LogP contribution in [0.5, 0.6) is 0 Å². The van der Waals surface area contributed by atoms with Gasteiger partial charge >= 0.3 is 6.09 Å². The average molecular weight is 224 g/mol. The van der Waals surface area contributed by atoms with E-state index in [0.29, 0.717) is 11.9 Å². The second-order valence-electron chi connectivity index (χ2n) is 4.94. The Balaban J connectivity index is 1.90. The second-order valence-corrected chi connectivity index (χ2v) is 4.94. The molecule has 2 rings (SSSR count). The highest BCUT2D eigenvalue weighted by molar-refractivity contribution is 5.83. The first-order valence-corrected chi connectivity index (χ1v) is 5.36. The van der Waals surface area contributed by atoms with Crippen LogP contribution in [0.3, 0.4) is 0 Å². The van der Waals surface area contributed by atoms with Crippen molar-refractivity contribution < 1.29 is 9.53 Å². The summed E-state index contributed by atoms with van der Waals surface area (Å²) >= 11 is 0. The van der Waals surface area contributed by atoms with Crippen molar-refractivity contribution in [2.45, 2.75) is 45.3 Å². The fourth-order valence-electron chi connectivity index (χ4n) is 1.26. The van der Waals surface area contributed by atoms with Crippen molar-refractivity contribution in [2.24, 2.45) is 0 Å². The number of anilines is 1. The van der Waals surface area contributed by atoms with Gasteiger partial charge in [-0.15, -0.1) is 5.10 Å². The zero-order valence-corrected chi connectivity index (χ0v) is 9.73. The normalized spacial score (nSPS) is 15.9. The number of carbonyl (C=O) groups is 1. The number of ether oxygens (including phenoxy) is 1. The van der Waals surface area contributed by atoms with Gasteiger partial charge in [-0.2, -0.15) is 0 Å². The van der Waals surface area contributed by atoms with Gasteiger partial charge in [-0.1, -0.05) is 5.21 Å². The summed E-state index contributed by atoms with van der Waals surface area (Å²) in [6, 6.07) is 0.460. The lowest BCUT2D eigenvalue weighted by molar-refractivity contribution is 0.0635. The summed E-state index contributed by atoms with van der Waals surface area (Å²) in [6.07, 6.45) is 3.49. The van der Waals surface area contributed by atoms with E-state index in [2.05, 4.69) is 15.6 Å². The maximum absolute atomic E-state index is 11.4. The molecule has 1 N–H and O–H groups in total. The molecule has 0 saturated heterocycles. The first-order chi connectivity index (χ1) is 7.44. The highest BCUT2D eigenvalue weighted by Gasteiger charge is 2.25. The van der Waals surface area contributed by atoms with Crippen LogP contribution in [0.15, 0.2) is 6.20 Å². The van der Waals surface area contributed by atoms with Gasteiger partial charge in [0.05, 0.1) is 12.2 Å². The maximum atomic E-state index is 11.4. The quantitative estimate of drug-likeness (QED) is 0.833. The van der Waals surface area contributed by atoms with E-state index in [9.17, 15) is 4.79 Å². The van der Waals surface area contributed by atoms with E-state index in [1.807, 2.05) is 20.8 Å². The molecule has 0 spiro atoms. The molecule has 1 fully saturated rings. The summed E-state index contributed by atoms with van der Waals surface area (Å²) in [7, 11) is 0. The van der Waals surface area contributed by atoms with Crippen LogP contribution in [-0.4, -0.2) is 26.7 Å². The summed E-state index contributed by atoms with van der Waals surface area (Å²) in [4.78, 5) is 11.4. The van der Waals surface area contributed by atoms with Crippen LogP contribution in [0.1, 0.15) is 39.7 Å². The summed E-state index contributed by atoms with van der Waals surface area (Å²) in [6.45, 7) is 5.44. The van der Waals surface area contributed by atoms with Crippen LogP contribution in [0.4, 0.5) is 10.6 Å². The lowest BCUT2D eigenvalue weighted by Gasteiger charge is -2.18. The topological polar surface area (TPSA) is 69.0 Å². The molecule has 0 unspecified atom stereocenters. The molecule has 0 bridgehead atoms. The first-order valence-electron chi connectivity index (χ1n) is 5.36. The van der Waals surface area contributed by atoms with Crippen LogP contribution in [-0.2, 0) is 4.74 Å². The van der Waals surface area contributed by atoms with Gasteiger partial charge in [0.2, 0.25) is 0 Å². The molecular weight excluding hydrogens is 208 g/mol. The zero-order valence-electron chi connectivity index (χ0n) is 9.73. The molecule has 0 aromatic carbocycles. The van der Waals surface area contributed by atoms with Gasteiger partial charge in [-0.05, 0) is 33.6 Å². The number of carbonyl (C=O) groups excluding carboxylic acids is 1. The van der Waals surface area contributed by atoms with Crippen LogP contribution < -0.4 is 5.32 Å². The van der Waals surface area contributed by atoms with Crippen LogP contribution in [0.25, 0.3) is 0 Å². The fourth-order valence-corrected chi connectivity index (χ4v) is 1.26. The Hall–Kier alpha value is -1.59. The lowest BCUT2D eigenvalue weighted by atomic mass is 10.2. The molecular formula is C10H16N4O2. The van der Waals surface area contributed by atoms with Gasteiger partial charge in [-0.3, -0.25) is 5.32 Å². The summed E-state index contributed by atoms with van der Waals surface area (Å²) in [5.41, 5.74) is -0.503. The molecule has 1 amide bonds. The smallest absolute Gasteiger partial charge is 0.413 e. The third-order valence-corrected chi connectivity index (χ3v) is 2.06. The number of amides is 1. The Kier molecular flexibility index (Phi) is 2.57. The molecule has 88 valence electrons. The molecule has 1 saturated carbocycles. The third-order valence-electron chi connectivity index (χ3n) is 2.06. The molecule has 0 radical (unpaired) electrons. The van der Waals surface area contributed by atoms with Crippen molar-refractivity contribution in [3.05, 3.63) is 6.20 Å². The zero-order chi connectivity index (χ0) is 11.8. The first kappa shape index (κ1) is 10.9. The van der Waals surface area contributed by atoms with Crippen molar-refractivity contribution in [3.63, 3.8) is 0 Å². The number of rotatable bonds is 2. The van der Waals surface area contributed by atoms with Crippen molar-refractivity contribution in [2.75, 3.05) is 5.32 Å². The Bertz CT molecular complexity index is 390. The van der Waals surface area contributed by atoms with Crippen molar-refractivity contribution in [3.8, 4) is 0 Å². The highest BCUT2D eigenvalue weighted by atomic mass is 16.6. The van der Waals surface area contributed by atoms with Gasteiger partial charge in [0.1, 0.15) is 5.60 Å². The number of hydrogen-bond acceptors (Lipinski definition) is 4. The van der Waals surface area contributed by atoms with Crippen molar-refractivity contribution in [1.82, 2.24) is 15.0 Å². The standard InChI is InChI=1S/C10H16N4O2/c1-10(2,3)16-9(15)11-8-6-14(13-12-8)7-4-5-7/h6-7H,4-5H2,1-3H3,(H,11,15). The van der Waals surface area contributed by atoms with Crippen LogP contribution in [0, 0.1) is 0 Å². The number of hydrogen-bond donors (Lipinski definition) is 1. The van der Waals surface area contributed by atoms with E-state index in [-0.39, 0.29) is 0 Å². The van der Waals surface area contributed by atoms with Crippen molar-refractivity contribution in [1.29, 1.82) is 0 Å². The Morgan fingerprint density at radius 3 is 2.81 bits per heavy atom. The van der Waals surface area contributed by atoms with Gasteiger partial charge < -0.3 is 4.74 Å². The molecule has 1 aromatic heterocycles. The van der Waals surface area contributed by atoms with Gasteiger partial charge in [0.25, 0.3) is 0 Å². The monoisotopic (exact) mass is 224 g/mol. The SMILES string of the molecule is CC(C)(C)OC(=O)Nc1cn(C2CC2)nn1. The largest absolute Gasteiger partial charge is 0.444 e. The number of aromatic nitrogens is 3. The summed E-state index contributed by atoms with van der Waals surface area (Å²) in [5, 5.41) is 10.3. The van der Waals surface area contributed by atoms with E-state index >= 15 is 0 Å². The molecule has 0 aliphatic heterocycles. The van der Waals surface area contributed by atoms with Crippen LogP contribution >= 0.6 is 0 Å². The molecule has 6 nitrogen and oxygen atoms in total. The lowest BCUT2D eigenvalue weighted by Crippen LogP contribution is -2.27. The van der Waals surface area contributed by atoms with Gasteiger partial charge in [0.15, 0.2) is 5.82 Å². The van der Waals surface area contributed by atoms with E-state index in [0.717, 1.165) is 12.8 Å². The molecule has 0 atom stereocenters. The maximum Gasteiger partial charge on any atom is 0.413 e. The minimum atomic E-state index is -0.504. The molecule has 1 aliphatic carbocycles. The minimum Gasteiger partial charge on any atom is -0.444 e. The average Bonchev–Trinajstić information content (AvgIpc) is 2.85. The molecule has 16 heavy (non-hydrogen) atoms. The van der Waals surface area contributed by atoms with Gasteiger partial charge in [-0.25, -0.2) is 9.48 Å². The Morgan fingerprint density at radius 2 is 2.25 bits per heavy atom. The highest BCUT2D eigenvalue weighted by Crippen LogP contribution is 2.34. The number of nitrogens with one attached hydrogen (secondary N) is 1. The Morgan fingerprint density at radius 1 is 1.56 bits per heavy atom. The van der Waals surface area contributed by atoms with E-state index in [1.165, 1.54) is 0 Å². The van der Waals surface area contributed by atoms with E-state index in [1.54, 1.807) is 10.9 Å². The molecule has 1 heterocycles. The van der Waals surface area contributed by atoms with Crippen molar-refractivity contribution >= 4 is 11.9 Å². The Labute approximate surface area is 94.0 Å². The van der Waals surface area contributed by atoms with E-state index < -0.39 is 11.7 Å². The van der Waals surface area contributed by atoms with Crippen LogP contribution in [0.2, 0.25) is 0 Å². The predicted molar refractivity (Wildman–Crippen MR) is 58.1 cm³/mol. The summed E-state index contributed by atoms with van der Waals surface area (Å²) < 4.78 is 6.87. The second kappa shape index (κ2) is 3.77. The minimum absolute atomic E-state index is 0.432. The van der Waals surface area contributed by atoms with E-state index in [4.69, 9.17) is 4.74 Å². The molecule has 1 aromatic rings. The summed E-state index contributed by atoms with van der Waals surface area (Å²) in [5.74, 6) is 0.432. The molecule has 1 aliphatic rings. The number of nitrogens with zero attached hydrogens (tertiary/aromatic N) is 3. The molecule has 6 heteroatoms. The van der Waals surface area contributed by atoms with Gasteiger partial charge in [0, 0.05) is 0 Å².